The van der Waals surface area contributed by atoms with Crippen LogP contribution in [0.1, 0.15) is 39.4 Å². The maximum absolute atomic E-state index is 13.3. The van der Waals surface area contributed by atoms with Gasteiger partial charge in [0, 0.05) is 31.1 Å². The number of nitrogens with one attached hydrogen (secondary N) is 1. The summed E-state index contributed by atoms with van der Waals surface area (Å²) in [6.45, 7) is 8.28. The fourth-order valence-electron chi connectivity index (χ4n) is 5.16. The highest BCUT2D eigenvalue weighted by Crippen LogP contribution is 2.34. The van der Waals surface area contributed by atoms with Crippen molar-refractivity contribution in [2.24, 2.45) is 0 Å². The molecule has 2 aliphatic rings. The highest BCUT2D eigenvalue weighted by atomic mass is 32.2. The molecule has 32 heavy (non-hydrogen) atoms. The molecule has 1 N–H and O–H groups in total. The van der Waals surface area contributed by atoms with Gasteiger partial charge in [-0.05, 0) is 56.7 Å². The van der Waals surface area contributed by atoms with E-state index in [9.17, 15) is 13.2 Å². The largest absolute Gasteiger partial charge is 0.309 e. The average Bonchev–Trinajstić information content (AvgIpc) is 3.28. The number of nitrogens with zero attached hydrogens (tertiary/aromatic N) is 3. The molecule has 0 unspecified atom stereocenters. The number of hydrogen-bond acceptors (Lipinski definition) is 6. The Balaban J connectivity index is 1.31. The van der Waals surface area contributed by atoms with Gasteiger partial charge in [0.05, 0.1) is 16.8 Å². The molecule has 3 aromatic rings. The Bertz CT molecular complexity index is 1340. The number of fused-ring (bicyclic) bond motifs is 3. The molecule has 0 radical (unpaired) electrons. The molecule has 1 fully saturated rings. The maximum Gasteiger partial charge on any atom is 0.259 e. The van der Waals surface area contributed by atoms with Crippen molar-refractivity contribution < 1.29 is 8.42 Å². The second-order valence-corrected chi connectivity index (χ2v) is 11.9. The molecule has 2 aromatic heterocycles. The first-order chi connectivity index (χ1) is 15.2. The zero-order valence-electron chi connectivity index (χ0n) is 18.7. The number of aryl methyl sites for hydroxylation is 5. The monoisotopic (exact) mass is 472 g/mol. The summed E-state index contributed by atoms with van der Waals surface area (Å²) in [5, 5.41) is 0.769. The predicted molar refractivity (Wildman–Crippen MR) is 127 cm³/mol. The molecule has 3 heterocycles. The normalized spacial score (nSPS) is 17.8. The molecular weight excluding hydrogens is 444 g/mol. The molecule has 7 nitrogen and oxygen atoms in total. The van der Waals surface area contributed by atoms with E-state index in [1.807, 2.05) is 32.9 Å². The molecule has 0 amide bonds. The first-order valence-corrected chi connectivity index (χ1v) is 13.3. The number of piperazine rings is 1. The van der Waals surface area contributed by atoms with Gasteiger partial charge in [-0.2, -0.15) is 4.31 Å². The molecule has 1 saturated heterocycles. The summed E-state index contributed by atoms with van der Waals surface area (Å²) >= 11 is 1.64. The number of rotatable bonds is 4. The number of aromatic nitrogens is 2. The first-order valence-electron chi connectivity index (χ1n) is 11.1. The highest BCUT2D eigenvalue weighted by molar-refractivity contribution is 7.89. The van der Waals surface area contributed by atoms with Crippen molar-refractivity contribution in [3.63, 3.8) is 0 Å². The molecule has 0 saturated carbocycles. The standard InChI is InChI=1S/C23H28N4O3S2/c1-14-11-15(2)21(16(3)12-14)32(29,30)27-9-7-26(8-10-27)13-19-24-22(28)20-17-5-4-6-18(17)31-23(20)25-19/h11-12H,4-10,13H2,1-3H3,(H,24,25,28). The van der Waals surface area contributed by atoms with E-state index in [-0.39, 0.29) is 5.56 Å². The summed E-state index contributed by atoms with van der Waals surface area (Å²) < 4.78 is 28.2. The van der Waals surface area contributed by atoms with E-state index >= 15 is 0 Å². The van der Waals surface area contributed by atoms with Crippen molar-refractivity contribution in [2.45, 2.75) is 51.5 Å². The highest BCUT2D eigenvalue weighted by Gasteiger charge is 2.31. The number of benzene rings is 1. The van der Waals surface area contributed by atoms with Gasteiger partial charge in [-0.3, -0.25) is 9.69 Å². The number of aromatic amines is 1. The van der Waals surface area contributed by atoms with Crippen LogP contribution in [0.4, 0.5) is 0 Å². The zero-order valence-corrected chi connectivity index (χ0v) is 20.3. The minimum Gasteiger partial charge on any atom is -0.309 e. The summed E-state index contributed by atoms with van der Waals surface area (Å²) in [7, 11) is -3.54. The lowest BCUT2D eigenvalue weighted by Gasteiger charge is -2.34. The van der Waals surface area contributed by atoms with Crippen molar-refractivity contribution in [3.8, 4) is 0 Å². The summed E-state index contributed by atoms with van der Waals surface area (Å²) in [5.74, 6) is 0.656. The van der Waals surface area contributed by atoms with E-state index in [2.05, 4.69) is 9.88 Å². The number of H-pyrrole nitrogens is 1. The van der Waals surface area contributed by atoms with E-state index < -0.39 is 10.0 Å². The van der Waals surface area contributed by atoms with Gasteiger partial charge in [0.15, 0.2) is 0 Å². The van der Waals surface area contributed by atoms with Crippen LogP contribution in [0.15, 0.2) is 21.8 Å². The van der Waals surface area contributed by atoms with Crippen molar-refractivity contribution >= 4 is 31.6 Å². The van der Waals surface area contributed by atoms with Crippen molar-refractivity contribution in [1.29, 1.82) is 0 Å². The van der Waals surface area contributed by atoms with Crippen LogP contribution in [-0.2, 0) is 29.4 Å². The Labute approximate surface area is 192 Å². The maximum atomic E-state index is 13.3. The summed E-state index contributed by atoms with van der Waals surface area (Å²) in [6.07, 6.45) is 3.13. The molecule has 5 rings (SSSR count). The van der Waals surface area contributed by atoms with Crippen LogP contribution in [0.2, 0.25) is 0 Å². The van der Waals surface area contributed by atoms with Crippen molar-refractivity contribution in [1.82, 2.24) is 19.2 Å². The second kappa shape index (κ2) is 8.06. The number of sulfonamides is 1. The minimum atomic E-state index is -3.54. The number of thiophene rings is 1. The van der Waals surface area contributed by atoms with E-state index in [0.29, 0.717) is 43.4 Å². The summed E-state index contributed by atoms with van der Waals surface area (Å²) in [4.78, 5) is 25.1. The zero-order chi connectivity index (χ0) is 22.6. The van der Waals surface area contributed by atoms with Crippen LogP contribution in [0.5, 0.6) is 0 Å². The second-order valence-electron chi connectivity index (χ2n) is 8.96. The average molecular weight is 473 g/mol. The van der Waals surface area contributed by atoms with E-state index in [0.717, 1.165) is 46.2 Å². The molecule has 1 aliphatic heterocycles. The van der Waals surface area contributed by atoms with E-state index in [4.69, 9.17) is 4.98 Å². The Kier molecular flexibility index (Phi) is 5.48. The smallest absolute Gasteiger partial charge is 0.259 e. The Hall–Kier alpha value is -2.07. The molecule has 0 atom stereocenters. The van der Waals surface area contributed by atoms with Crippen LogP contribution in [0, 0.1) is 20.8 Å². The lowest BCUT2D eigenvalue weighted by atomic mass is 10.1. The summed E-state index contributed by atoms with van der Waals surface area (Å²) in [6, 6.07) is 3.85. The van der Waals surface area contributed by atoms with Crippen molar-refractivity contribution in [3.05, 3.63) is 55.4 Å². The van der Waals surface area contributed by atoms with Crippen LogP contribution < -0.4 is 5.56 Å². The van der Waals surface area contributed by atoms with Gasteiger partial charge in [0.25, 0.3) is 5.56 Å². The Morgan fingerprint density at radius 1 is 1.06 bits per heavy atom. The van der Waals surface area contributed by atoms with Crippen LogP contribution in [-0.4, -0.2) is 53.8 Å². The lowest BCUT2D eigenvalue weighted by Crippen LogP contribution is -2.48. The van der Waals surface area contributed by atoms with Crippen LogP contribution in [0.3, 0.4) is 0 Å². The lowest BCUT2D eigenvalue weighted by molar-refractivity contribution is 0.178. The fraction of sp³-hybridized carbons (Fsp3) is 0.478. The van der Waals surface area contributed by atoms with Gasteiger partial charge in [-0.15, -0.1) is 11.3 Å². The molecule has 1 aliphatic carbocycles. The topological polar surface area (TPSA) is 86.4 Å². The van der Waals surface area contributed by atoms with E-state index in [1.165, 1.54) is 10.4 Å². The Morgan fingerprint density at radius 3 is 2.44 bits per heavy atom. The van der Waals surface area contributed by atoms with Gasteiger partial charge in [-0.1, -0.05) is 17.7 Å². The van der Waals surface area contributed by atoms with E-state index in [1.54, 1.807) is 15.6 Å². The third-order valence-corrected chi connectivity index (χ3v) is 9.92. The molecule has 9 heteroatoms. The van der Waals surface area contributed by atoms with Gasteiger partial charge in [0.1, 0.15) is 10.7 Å². The molecule has 170 valence electrons. The first kappa shape index (κ1) is 21.8. The quantitative estimate of drug-likeness (QED) is 0.631. The molecule has 1 aromatic carbocycles. The van der Waals surface area contributed by atoms with Gasteiger partial charge < -0.3 is 4.98 Å². The Morgan fingerprint density at radius 2 is 1.75 bits per heavy atom. The van der Waals surface area contributed by atoms with Gasteiger partial charge in [0.2, 0.25) is 10.0 Å². The van der Waals surface area contributed by atoms with Gasteiger partial charge in [-0.25, -0.2) is 13.4 Å². The minimum absolute atomic E-state index is 0.0454. The third kappa shape index (κ3) is 3.71. The third-order valence-electron chi connectivity index (χ3n) is 6.53. The molecular formula is C23H28N4O3S2. The van der Waals surface area contributed by atoms with Crippen LogP contribution >= 0.6 is 11.3 Å². The molecule has 0 spiro atoms. The predicted octanol–water partition coefficient (Wildman–Crippen LogP) is 2.91. The van der Waals surface area contributed by atoms with Gasteiger partial charge >= 0.3 is 0 Å². The van der Waals surface area contributed by atoms with Crippen LogP contribution in [0.25, 0.3) is 10.2 Å². The summed E-state index contributed by atoms with van der Waals surface area (Å²) in [5.41, 5.74) is 3.80. The SMILES string of the molecule is Cc1cc(C)c(S(=O)(=O)N2CCN(Cc3nc4sc5c(c4c(=O)[nH]3)CCC5)CC2)c(C)c1. The molecule has 0 bridgehead atoms. The fourth-order valence-corrected chi connectivity index (χ4v) is 8.28. The number of hydrogen-bond donors (Lipinski definition) is 1. The van der Waals surface area contributed by atoms with Crippen molar-refractivity contribution in [2.75, 3.05) is 26.2 Å².